The van der Waals surface area contributed by atoms with E-state index in [4.69, 9.17) is 5.73 Å². The number of carbonyl (C=O) groups excluding carboxylic acids is 3. The van der Waals surface area contributed by atoms with Gasteiger partial charge in [0.25, 0.3) is 5.91 Å². The largest absolute Gasteiger partial charge is 0.508 e. The van der Waals surface area contributed by atoms with Gasteiger partial charge in [0.1, 0.15) is 22.8 Å². The molecule has 0 aliphatic heterocycles. The number of likely N-dealkylation sites (N-methyl/N-ethyl adjacent to an activating group) is 1. The third kappa shape index (κ3) is 4.79. The Bertz CT molecular complexity index is 1390. The van der Waals surface area contributed by atoms with Gasteiger partial charge in [-0.2, -0.15) is 0 Å². The lowest BCUT2D eigenvalue weighted by atomic mass is 9.57. The minimum Gasteiger partial charge on any atom is -0.508 e. The first-order chi connectivity index (χ1) is 18.8. The predicted molar refractivity (Wildman–Crippen MR) is 154 cm³/mol. The number of primary amides is 1. The van der Waals surface area contributed by atoms with Gasteiger partial charge in [-0.3, -0.25) is 19.3 Å². The number of phenols is 1. The van der Waals surface area contributed by atoms with Crippen LogP contribution in [-0.2, 0) is 27.3 Å². The van der Waals surface area contributed by atoms with E-state index in [1.807, 2.05) is 32.1 Å². The average molecular weight is 571 g/mol. The van der Waals surface area contributed by atoms with Crippen LogP contribution in [0.25, 0.3) is 5.76 Å². The first-order valence-corrected chi connectivity index (χ1v) is 13.7. The summed E-state index contributed by atoms with van der Waals surface area (Å²) in [5.41, 5.74) is 3.82. The zero-order valence-electron chi connectivity index (χ0n) is 25.1. The lowest BCUT2D eigenvalue weighted by Crippen LogP contribution is -2.65. The van der Waals surface area contributed by atoms with Gasteiger partial charge in [0.15, 0.2) is 11.4 Å². The first-order valence-electron chi connectivity index (χ1n) is 13.7. The standard InChI is InChI=1S/C30H42N4O7/c1-29(2,3)13-34(8)12-15-11-18(32(4)5)16-9-14-10-17-22(33(6)7)25(37)21(28(31)40)27(39)30(17,41)26(38)19(14)24(36)20(16)23(15)35/h11,14,17,22,35-36,39,41H,9-10,12-13H2,1-8H3,(H2,31,40)/t14?,17-,22-,30-/m0/s1. The van der Waals surface area contributed by atoms with Gasteiger partial charge in [-0.1, -0.05) is 20.8 Å². The summed E-state index contributed by atoms with van der Waals surface area (Å²) in [6, 6.07) is 0.766. The topological polar surface area (TPSA) is 168 Å². The number of benzene rings is 1. The molecule has 41 heavy (non-hydrogen) atoms. The highest BCUT2D eigenvalue weighted by molar-refractivity contribution is 6.24. The van der Waals surface area contributed by atoms with Crippen molar-refractivity contribution in [1.29, 1.82) is 0 Å². The molecule has 0 spiro atoms. The summed E-state index contributed by atoms with van der Waals surface area (Å²) >= 11 is 0. The van der Waals surface area contributed by atoms with Gasteiger partial charge in [0.2, 0.25) is 5.78 Å². The number of fused-ring (bicyclic) bond motifs is 3. The lowest BCUT2D eigenvalue weighted by molar-refractivity contribution is -0.153. The van der Waals surface area contributed by atoms with Gasteiger partial charge in [0, 0.05) is 49.9 Å². The molecule has 0 radical (unpaired) electrons. The summed E-state index contributed by atoms with van der Waals surface area (Å²) in [5, 5.41) is 45.9. The molecule has 1 saturated carbocycles. The van der Waals surface area contributed by atoms with Crippen molar-refractivity contribution in [2.75, 3.05) is 46.7 Å². The molecule has 11 nitrogen and oxygen atoms in total. The molecule has 3 aliphatic rings. The van der Waals surface area contributed by atoms with E-state index in [0.29, 0.717) is 17.7 Å². The molecule has 0 heterocycles. The van der Waals surface area contributed by atoms with Crippen LogP contribution in [0.5, 0.6) is 5.75 Å². The third-order valence-corrected chi connectivity index (χ3v) is 8.44. The normalized spacial score (nSPS) is 26.4. The van der Waals surface area contributed by atoms with Crippen LogP contribution in [0.3, 0.4) is 0 Å². The van der Waals surface area contributed by atoms with Crippen molar-refractivity contribution >= 4 is 28.9 Å². The van der Waals surface area contributed by atoms with Crippen molar-refractivity contribution in [3.05, 3.63) is 39.7 Å². The van der Waals surface area contributed by atoms with E-state index in [2.05, 4.69) is 25.7 Å². The number of aromatic hydroxyl groups is 1. The summed E-state index contributed by atoms with van der Waals surface area (Å²) in [4.78, 5) is 45.0. The van der Waals surface area contributed by atoms with Crippen LogP contribution in [0.1, 0.15) is 43.9 Å². The van der Waals surface area contributed by atoms with E-state index < -0.39 is 58.0 Å². The number of nitrogens with two attached hydrogens (primary N) is 1. The molecule has 0 saturated heterocycles. The molecule has 3 aliphatic carbocycles. The summed E-state index contributed by atoms with van der Waals surface area (Å²) in [6.45, 7) is 7.44. The number of hydrogen-bond donors (Lipinski definition) is 5. The van der Waals surface area contributed by atoms with Crippen molar-refractivity contribution in [3.63, 3.8) is 0 Å². The maximum Gasteiger partial charge on any atom is 0.255 e. The van der Waals surface area contributed by atoms with E-state index in [1.165, 1.54) is 4.90 Å². The zero-order valence-corrected chi connectivity index (χ0v) is 25.1. The van der Waals surface area contributed by atoms with Crippen LogP contribution >= 0.6 is 0 Å². The second kappa shape index (κ2) is 10.1. The van der Waals surface area contributed by atoms with E-state index in [9.17, 15) is 34.8 Å². The fourth-order valence-corrected chi connectivity index (χ4v) is 7.02. The number of rotatable bonds is 6. The molecule has 1 aromatic rings. The van der Waals surface area contributed by atoms with Gasteiger partial charge < -0.3 is 36.0 Å². The van der Waals surface area contributed by atoms with Crippen molar-refractivity contribution < 1.29 is 34.8 Å². The van der Waals surface area contributed by atoms with Crippen LogP contribution in [0, 0.1) is 17.3 Å². The SMILES string of the molecule is CN(Cc1cc(N(C)C)c2c(c1O)C(O)=C1C(=O)[C@]3(O)C(O)=C(C(N)=O)C(=O)[C@@H](N(C)C)[C@@H]3CC1C2)CC(C)(C)C. The number of anilines is 1. The molecule has 1 aromatic carbocycles. The Morgan fingerprint density at radius 1 is 1.10 bits per heavy atom. The van der Waals surface area contributed by atoms with E-state index in [1.54, 1.807) is 14.1 Å². The van der Waals surface area contributed by atoms with E-state index >= 15 is 0 Å². The molecule has 4 rings (SSSR count). The monoisotopic (exact) mass is 570 g/mol. The van der Waals surface area contributed by atoms with Gasteiger partial charge in [0.05, 0.1) is 11.6 Å². The fraction of sp³-hybridized carbons (Fsp3) is 0.567. The molecule has 224 valence electrons. The van der Waals surface area contributed by atoms with Crippen molar-refractivity contribution in [2.45, 2.75) is 51.8 Å². The average Bonchev–Trinajstić information content (AvgIpc) is 2.81. The van der Waals surface area contributed by atoms with Crippen LogP contribution < -0.4 is 10.6 Å². The molecule has 0 aromatic heterocycles. The smallest absolute Gasteiger partial charge is 0.255 e. The highest BCUT2D eigenvalue weighted by atomic mass is 16.3. The number of phenolic OH excluding ortho intramolecular Hbond substituents is 1. The maximum atomic E-state index is 14.1. The zero-order chi connectivity index (χ0) is 30.9. The number of Topliss-reactive ketones (excluding diaryl/α,β-unsaturated/α-hetero) is 2. The third-order valence-electron chi connectivity index (χ3n) is 8.44. The fourth-order valence-electron chi connectivity index (χ4n) is 7.02. The maximum absolute atomic E-state index is 14.1. The number of hydrogen-bond acceptors (Lipinski definition) is 10. The van der Waals surface area contributed by atoms with Gasteiger partial charge in [-0.15, -0.1) is 0 Å². The molecule has 1 unspecified atom stereocenters. The van der Waals surface area contributed by atoms with Crippen LogP contribution in [0.4, 0.5) is 5.69 Å². The van der Waals surface area contributed by atoms with E-state index in [-0.39, 0.29) is 35.1 Å². The van der Waals surface area contributed by atoms with Crippen LogP contribution in [0.15, 0.2) is 23.0 Å². The van der Waals surface area contributed by atoms with Crippen molar-refractivity contribution in [3.8, 4) is 5.75 Å². The summed E-state index contributed by atoms with van der Waals surface area (Å²) in [7, 11) is 8.80. The Morgan fingerprint density at radius 2 is 1.71 bits per heavy atom. The van der Waals surface area contributed by atoms with Gasteiger partial charge in [-0.25, -0.2) is 0 Å². The molecule has 1 amide bonds. The number of aliphatic hydroxyl groups excluding tert-OH is 2. The molecule has 0 bridgehead atoms. The number of aliphatic hydroxyl groups is 3. The molecule has 1 fully saturated rings. The number of amides is 1. The second-order valence-corrected chi connectivity index (χ2v) is 13.3. The summed E-state index contributed by atoms with van der Waals surface area (Å²) in [5.74, 6) is -6.52. The summed E-state index contributed by atoms with van der Waals surface area (Å²) < 4.78 is 0. The molecular weight excluding hydrogens is 528 g/mol. The molecule has 11 heteroatoms. The van der Waals surface area contributed by atoms with Gasteiger partial charge >= 0.3 is 0 Å². The minimum absolute atomic E-state index is 0.00583. The Kier molecular flexibility index (Phi) is 7.56. The van der Waals surface area contributed by atoms with Crippen molar-refractivity contribution in [2.24, 2.45) is 23.0 Å². The predicted octanol–water partition coefficient (Wildman–Crippen LogP) is 1.51. The van der Waals surface area contributed by atoms with Crippen molar-refractivity contribution in [1.82, 2.24) is 9.80 Å². The molecule has 6 N–H and O–H groups in total. The van der Waals surface area contributed by atoms with E-state index in [0.717, 1.165) is 12.2 Å². The summed E-state index contributed by atoms with van der Waals surface area (Å²) in [6.07, 6.45) is 0.295. The highest BCUT2D eigenvalue weighted by Gasteiger charge is 2.64. The molecule has 4 atom stereocenters. The Hall–Kier alpha value is -3.41. The molecular formula is C30H42N4O7. The van der Waals surface area contributed by atoms with Crippen LogP contribution in [0.2, 0.25) is 0 Å². The lowest BCUT2D eigenvalue weighted by Gasteiger charge is -2.50. The first kappa shape index (κ1) is 30.5. The Labute approximate surface area is 240 Å². The van der Waals surface area contributed by atoms with Crippen LogP contribution in [-0.4, -0.2) is 101 Å². The number of nitrogens with zero attached hydrogens (tertiary/aromatic N) is 3. The quantitative estimate of drug-likeness (QED) is 0.316. The second-order valence-electron chi connectivity index (χ2n) is 13.3. The number of carbonyl (C=O) groups is 3. The minimum atomic E-state index is -2.66. The Morgan fingerprint density at radius 3 is 2.22 bits per heavy atom. The highest BCUT2D eigenvalue weighted by Crippen LogP contribution is 2.54. The van der Waals surface area contributed by atoms with Gasteiger partial charge in [-0.05, 0) is 56.9 Å². The Balaban J connectivity index is 1.93. The number of ketones is 2.